The van der Waals surface area contributed by atoms with E-state index in [1.165, 1.54) is 11.7 Å². The molecule has 3 rings (SSSR count). The molecule has 0 amide bonds. The number of hydrogen-bond donors (Lipinski definition) is 1. The van der Waals surface area contributed by atoms with Crippen molar-refractivity contribution in [2.24, 2.45) is 0 Å². The normalized spacial score (nSPS) is 12.3. The molecule has 2 heterocycles. The van der Waals surface area contributed by atoms with Crippen LogP contribution in [0, 0.1) is 18.3 Å². The van der Waals surface area contributed by atoms with Crippen LogP contribution in [0.3, 0.4) is 0 Å². The zero-order valence-corrected chi connectivity index (χ0v) is 20.7. The Morgan fingerprint density at radius 2 is 2.03 bits per heavy atom. The van der Waals surface area contributed by atoms with Gasteiger partial charge < -0.3 is 14.6 Å². The zero-order chi connectivity index (χ0) is 22.7. The van der Waals surface area contributed by atoms with Crippen molar-refractivity contribution < 1.29 is 44.2 Å². The van der Waals surface area contributed by atoms with Crippen LogP contribution in [0.25, 0.3) is 0 Å². The molecular weight excluding hydrogens is 421 g/mol. The van der Waals surface area contributed by atoms with E-state index < -0.39 is 29.1 Å². The second-order valence-electron chi connectivity index (χ2n) is 7.10. The Labute approximate surface area is 207 Å². The zero-order valence-electron chi connectivity index (χ0n) is 18.7. The van der Waals surface area contributed by atoms with Gasteiger partial charge in [0.2, 0.25) is 5.75 Å². The number of nitriles is 1. The van der Waals surface area contributed by atoms with Crippen molar-refractivity contribution in [1.82, 2.24) is 19.7 Å². The fourth-order valence-corrected chi connectivity index (χ4v) is 3.93. The molecule has 0 aliphatic rings. The number of benzene rings is 1. The fourth-order valence-electron chi connectivity index (χ4n) is 3.93. The van der Waals surface area contributed by atoms with Crippen molar-refractivity contribution in [1.29, 1.82) is 5.26 Å². The maximum absolute atomic E-state index is 13.0. The molecule has 3 aromatic rings. The molecule has 0 spiro atoms. The van der Waals surface area contributed by atoms with Gasteiger partial charge in [0.1, 0.15) is 11.5 Å². The standard InChI is InChI=1S/C22H23N5O4.Na/c1-5-27-20(25-18(22(29)30)19(31-4)21(27)28)12(2)17(16-11-24-26-13(16)3)15-9-7-6-8-14(15)10-23;/h6-9,11-12,17H,5H2,1-4H3,(H,24,26)(H,29,30);/q;+1/p-1/t12?,17-;/m0./s1. The van der Waals surface area contributed by atoms with Crippen molar-refractivity contribution in [2.45, 2.75) is 39.2 Å². The summed E-state index contributed by atoms with van der Waals surface area (Å²) in [5.41, 5.74) is 1.66. The van der Waals surface area contributed by atoms with Crippen LogP contribution in [0.1, 0.15) is 64.4 Å². The van der Waals surface area contributed by atoms with E-state index in [0.29, 0.717) is 5.56 Å². The first-order chi connectivity index (χ1) is 14.8. The number of methoxy groups -OCH3 is 1. The van der Waals surface area contributed by atoms with E-state index in [4.69, 9.17) is 4.74 Å². The molecule has 9 nitrogen and oxygen atoms in total. The summed E-state index contributed by atoms with van der Waals surface area (Å²) in [5.74, 6) is -2.61. The van der Waals surface area contributed by atoms with E-state index in [-0.39, 0.29) is 47.7 Å². The van der Waals surface area contributed by atoms with Crippen molar-refractivity contribution >= 4 is 5.97 Å². The third kappa shape index (κ3) is 4.48. The number of hydrogen-bond acceptors (Lipinski definition) is 7. The quantitative estimate of drug-likeness (QED) is 0.438. The van der Waals surface area contributed by atoms with E-state index in [1.807, 2.05) is 26.0 Å². The molecule has 0 radical (unpaired) electrons. The van der Waals surface area contributed by atoms with Gasteiger partial charge in [-0.15, -0.1) is 0 Å². The molecule has 1 aromatic carbocycles. The summed E-state index contributed by atoms with van der Waals surface area (Å²) in [6.45, 7) is 5.72. The maximum Gasteiger partial charge on any atom is 1.00 e. The number of carboxylic acid groups (broad SMARTS) is 1. The van der Waals surface area contributed by atoms with Gasteiger partial charge in [-0.2, -0.15) is 10.4 Å². The Bertz CT molecular complexity index is 1230. The minimum Gasteiger partial charge on any atom is -0.543 e. The van der Waals surface area contributed by atoms with E-state index in [1.54, 1.807) is 25.3 Å². The number of aromatic nitrogens is 4. The largest absolute Gasteiger partial charge is 1.00 e. The molecule has 0 bridgehead atoms. The van der Waals surface area contributed by atoms with E-state index >= 15 is 0 Å². The van der Waals surface area contributed by atoms with Crippen LogP contribution in [-0.4, -0.2) is 32.8 Å². The van der Waals surface area contributed by atoms with Crippen molar-refractivity contribution in [3.63, 3.8) is 0 Å². The molecule has 32 heavy (non-hydrogen) atoms. The van der Waals surface area contributed by atoms with E-state index in [0.717, 1.165) is 16.8 Å². The van der Waals surface area contributed by atoms with Crippen LogP contribution in [0.2, 0.25) is 0 Å². The van der Waals surface area contributed by atoms with E-state index in [9.17, 15) is 20.0 Å². The predicted molar refractivity (Wildman–Crippen MR) is 110 cm³/mol. The number of aromatic carboxylic acids is 1. The average Bonchev–Trinajstić information content (AvgIpc) is 3.18. The Hall–Kier alpha value is -2.93. The number of carboxylic acids is 1. The minimum absolute atomic E-state index is 0. The SMILES string of the molecule is CCn1c(C(C)[C@@H](c2ccccc2C#N)c2cn[nH]c2C)nc(C(=O)[O-])c(OC)c1=O.[Na+]. The van der Waals surface area contributed by atoms with Gasteiger partial charge in [0.25, 0.3) is 5.56 Å². The summed E-state index contributed by atoms with van der Waals surface area (Å²) >= 11 is 0. The summed E-state index contributed by atoms with van der Waals surface area (Å²) in [6.07, 6.45) is 1.67. The number of carbonyl (C=O) groups excluding carboxylic acids is 1. The summed E-state index contributed by atoms with van der Waals surface area (Å²) in [7, 11) is 1.22. The first-order valence-electron chi connectivity index (χ1n) is 9.74. The predicted octanol–water partition coefficient (Wildman–Crippen LogP) is -1.52. The summed E-state index contributed by atoms with van der Waals surface area (Å²) < 4.78 is 6.40. The Morgan fingerprint density at radius 3 is 2.56 bits per heavy atom. The summed E-state index contributed by atoms with van der Waals surface area (Å²) in [6, 6.07) is 9.36. The van der Waals surface area contributed by atoms with Gasteiger partial charge in [0, 0.05) is 29.6 Å². The summed E-state index contributed by atoms with van der Waals surface area (Å²) in [4.78, 5) is 28.9. The average molecular weight is 443 g/mol. The van der Waals surface area contributed by atoms with Crippen LogP contribution < -0.4 is 45.0 Å². The molecular formula is C22H22N5NaO4. The first-order valence-corrected chi connectivity index (χ1v) is 9.74. The molecule has 0 saturated heterocycles. The van der Waals surface area contributed by atoms with E-state index in [2.05, 4.69) is 21.3 Å². The summed E-state index contributed by atoms with van der Waals surface area (Å²) in [5, 5.41) is 28.4. The number of ether oxygens (including phenoxy) is 1. The molecule has 0 aliphatic heterocycles. The van der Waals surface area contributed by atoms with Crippen LogP contribution in [-0.2, 0) is 6.54 Å². The Morgan fingerprint density at radius 1 is 1.34 bits per heavy atom. The molecule has 10 heteroatoms. The number of nitrogens with zero attached hydrogens (tertiary/aromatic N) is 4. The number of carbonyl (C=O) groups is 1. The van der Waals surface area contributed by atoms with Gasteiger partial charge >= 0.3 is 29.6 Å². The van der Waals surface area contributed by atoms with Gasteiger partial charge in [-0.3, -0.25) is 14.5 Å². The van der Waals surface area contributed by atoms with Gasteiger partial charge in [0.15, 0.2) is 0 Å². The third-order valence-corrected chi connectivity index (χ3v) is 5.40. The van der Waals surface area contributed by atoms with Gasteiger partial charge in [-0.1, -0.05) is 25.1 Å². The second-order valence-corrected chi connectivity index (χ2v) is 7.10. The number of H-pyrrole nitrogens is 1. The first kappa shape index (κ1) is 25.3. The van der Waals surface area contributed by atoms with Crippen LogP contribution in [0.4, 0.5) is 0 Å². The molecule has 2 atom stereocenters. The Kier molecular flexibility index (Phi) is 8.38. The minimum atomic E-state index is -1.60. The van der Waals surface area contributed by atoms with Crippen LogP contribution in [0.5, 0.6) is 5.75 Å². The fraction of sp³-hybridized carbons (Fsp3) is 0.318. The van der Waals surface area contributed by atoms with Crippen molar-refractivity contribution in [3.05, 3.63) is 74.7 Å². The molecule has 160 valence electrons. The topological polar surface area (TPSA) is 137 Å². The monoisotopic (exact) mass is 443 g/mol. The number of nitrogens with one attached hydrogen (secondary N) is 1. The second kappa shape index (κ2) is 10.6. The molecule has 0 aliphatic carbocycles. The molecule has 0 saturated carbocycles. The molecule has 0 fully saturated rings. The van der Waals surface area contributed by atoms with Crippen molar-refractivity contribution in [3.8, 4) is 11.8 Å². The number of aromatic amines is 1. The smallest absolute Gasteiger partial charge is 0.543 e. The van der Waals surface area contributed by atoms with Gasteiger partial charge in [-0.05, 0) is 25.5 Å². The van der Waals surface area contributed by atoms with Crippen molar-refractivity contribution in [2.75, 3.05) is 7.11 Å². The third-order valence-electron chi connectivity index (χ3n) is 5.40. The molecule has 1 unspecified atom stereocenters. The molecule has 2 aromatic heterocycles. The number of aryl methyl sites for hydroxylation is 1. The molecule has 1 N–H and O–H groups in total. The van der Waals surface area contributed by atoms with Gasteiger partial charge in [-0.25, -0.2) is 4.98 Å². The van der Waals surface area contributed by atoms with Gasteiger partial charge in [0.05, 0.1) is 30.9 Å². The number of rotatable bonds is 7. The van der Waals surface area contributed by atoms with Crippen LogP contribution in [0.15, 0.2) is 35.3 Å². The Balaban J connectivity index is 0.00000363. The maximum atomic E-state index is 13.0. The van der Waals surface area contributed by atoms with Crippen LogP contribution >= 0.6 is 0 Å².